The summed E-state index contributed by atoms with van der Waals surface area (Å²) >= 11 is 0. The van der Waals surface area contributed by atoms with E-state index in [0.717, 1.165) is 49.3 Å². The SMILES string of the molecule is CCCN(CCc1ccccn1)C(=O)c1n[nH]c2c1CNCC2. The van der Waals surface area contributed by atoms with E-state index in [4.69, 9.17) is 0 Å². The van der Waals surface area contributed by atoms with Gasteiger partial charge in [-0.2, -0.15) is 5.10 Å². The van der Waals surface area contributed by atoms with E-state index in [1.807, 2.05) is 23.1 Å². The largest absolute Gasteiger partial charge is 0.337 e. The number of aromatic nitrogens is 3. The fourth-order valence-electron chi connectivity index (χ4n) is 2.93. The van der Waals surface area contributed by atoms with Crippen LogP contribution in [0.4, 0.5) is 0 Å². The fraction of sp³-hybridized carbons (Fsp3) is 0.471. The van der Waals surface area contributed by atoms with E-state index in [1.165, 1.54) is 0 Å². The second-order valence-corrected chi connectivity index (χ2v) is 5.82. The Morgan fingerprint density at radius 1 is 1.35 bits per heavy atom. The number of pyridine rings is 1. The highest BCUT2D eigenvalue weighted by molar-refractivity contribution is 5.94. The lowest BCUT2D eigenvalue weighted by molar-refractivity contribution is 0.0749. The molecule has 122 valence electrons. The number of amides is 1. The average Bonchev–Trinajstić information content (AvgIpc) is 3.03. The molecule has 23 heavy (non-hydrogen) atoms. The molecule has 0 saturated carbocycles. The molecule has 0 saturated heterocycles. The predicted molar refractivity (Wildman–Crippen MR) is 88.1 cm³/mol. The minimum absolute atomic E-state index is 0.0176. The summed E-state index contributed by atoms with van der Waals surface area (Å²) in [5.41, 5.74) is 3.70. The first-order valence-corrected chi connectivity index (χ1v) is 8.25. The van der Waals surface area contributed by atoms with Crippen LogP contribution < -0.4 is 5.32 Å². The van der Waals surface area contributed by atoms with Crippen molar-refractivity contribution in [2.45, 2.75) is 32.7 Å². The zero-order valence-electron chi connectivity index (χ0n) is 13.5. The molecule has 2 aromatic heterocycles. The maximum Gasteiger partial charge on any atom is 0.274 e. The van der Waals surface area contributed by atoms with Crippen molar-refractivity contribution in [1.29, 1.82) is 0 Å². The van der Waals surface area contributed by atoms with Crippen LogP contribution in [-0.4, -0.2) is 45.6 Å². The van der Waals surface area contributed by atoms with Gasteiger partial charge in [-0.15, -0.1) is 0 Å². The molecule has 6 heteroatoms. The lowest BCUT2D eigenvalue weighted by Crippen LogP contribution is -2.35. The summed E-state index contributed by atoms with van der Waals surface area (Å²) in [6, 6.07) is 5.88. The zero-order chi connectivity index (χ0) is 16.1. The number of nitrogens with one attached hydrogen (secondary N) is 2. The number of fused-ring (bicyclic) bond motifs is 1. The highest BCUT2D eigenvalue weighted by Gasteiger charge is 2.25. The van der Waals surface area contributed by atoms with Crippen molar-refractivity contribution in [1.82, 2.24) is 25.4 Å². The van der Waals surface area contributed by atoms with Gasteiger partial charge in [0.15, 0.2) is 5.69 Å². The molecule has 0 aromatic carbocycles. The van der Waals surface area contributed by atoms with Gasteiger partial charge >= 0.3 is 0 Å². The number of hydrogen-bond acceptors (Lipinski definition) is 4. The van der Waals surface area contributed by atoms with Crippen LogP contribution in [0.3, 0.4) is 0 Å². The van der Waals surface area contributed by atoms with Crippen LogP contribution in [0.25, 0.3) is 0 Å². The quantitative estimate of drug-likeness (QED) is 0.848. The second-order valence-electron chi connectivity index (χ2n) is 5.82. The maximum atomic E-state index is 12.9. The van der Waals surface area contributed by atoms with Crippen molar-refractivity contribution < 1.29 is 4.79 Å². The lowest BCUT2D eigenvalue weighted by atomic mass is 10.1. The van der Waals surface area contributed by atoms with Crippen molar-refractivity contribution >= 4 is 5.91 Å². The summed E-state index contributed by atoms with van der Waals surface area (Å²) in [6.45, 7) is 5.14. The minimum atomic E-state index is 0.0176. The van der Waals surface area contributed by atoms with Crippen LogP contribution >= 0.6 is 0 Å². The van der Waals surface area contributed by atoms with Gasteiger partial charge in [0, 0.05) is 62.2 Å². The minimum Gasteiger partial charge on any atom is -0.337 e. The average molecular weight is 313 g/mol. The van der Waals surface area contributed by atoms with E-state index in [-0.39, 0.29) is 5.91 Å². The number of H-pyrrole nitrogens is 1. The van der Waals surface area contributed by atoms with E-state index in [0.29, 0.717) is 18.8 Å². The van der Waals surface area contributed by atoms with Gasteiger partial charge < -0.3 is 10.2 Å². The summed E-state index contributed by atoms with van der Waals surface area (Å²) in [4.78, 5) is 19.1. The molecule has 3 heterocycles. The van der Waals surface area contributed by atoms with Crippen molar-refractivity contribution in [2.75, 3.05) is 19.6 Å². The smallest absolute Gasteiger partial charge is 0.274 e. The summed E-state index contributed by atoms with van der Waals surface area (Å²) in [5.74, 6) is 0.0176. The number of carbonyl (C=O) groups excluding carboxylic acids is 1. The van der Waals surface area contributed by atoms with Gasteiger partial charge in [0.1, 0.15) is 0 Å². The van der Waals surface area contributed by atoms with E-state index in [9.17, 15) is 4.79 Å². The van der Waals surface area contributed by atoms with Crippen molar-refractivity contribution in [3.63, 3.8) is 0 Å². The van der Waals surface area contributed by atoms with Crippen LogP contribution in [-0.2, 0) is 19.4 Å². The Bertz CT molecular complexity index is 652. The molecule has 3 rings (SSSR count). The number of carbonyl (C=O) groups is 1. The monoisotopic (exact) mass is 313 g/mol. The third kappa shape index (κ3) is 3.59. The Hall–Kier alpha value is -2.21. The molecule has 0 radical (unpaired) electrons. The third-order valence-electron chi connectivity index (χ3n) is 4.15. The number of aromatic amines is 1. The topological polar surface area (TPSA) is 73.9 Å². The molecular formula is C17H23N5O. The molecule has 0 unspecified atom stereocenters. The van der Waals surface area contributed by atoms with Gasteiger partial charge in [0.05, 0.1) is 0 Å². The van der Waals surface area contributed by atoms with E-state index in [2.05, 4.69) is 27.4 Å². The number of rotatable bonds is 6. The van der Waals surface area contributed by atoms with Crippen LogP contribution in [0.1, 0.15) is 40.8 Å². The summed E-state index contributed by atoms with van der Waals surface area (Å²) in [7, 11) is 0. The van der Waals surface area contributed by atoms with Crippen LogP contribution in [0, 0.1) is 0 Å². The van der Waals surface area contributed by atoms with Crippen LogP contribution in [0.15, 0.2) is 24.4 Å². The van der Waals surface area contributed by atoms with E-state index >= 15 is 0 Å². The number of hydrogen-bond donors (Lipinski definition) is 2. The molecule has 0 atom stereocenters. The molecule has 6 nitrogen and oxygen atoms in total. The highest BCUT2D eigenvalue weighted by atomic mass is 16.2. The third-order valence-corrected chi connectivity index (χ3v) is 4.15. The summed E-state index contributed by atoms with van der Waals surface area (Å²) < 4.78 is 0. The van der Waals surface area contributed by atoms with E-state index in [1.54, 1.807) is 6.20 Å². The van der Waals surface area contributed by atoms with Crippen LogP contribution in [0.2, 0.25) is 0 Å². The molecule has 0 spiro atoms. The van der Waals surface area contributed by atoms with E-state index < -0.39 is 0 Å². The van der Waals surface area contributed by atoms with Crippen molar-refractivity contribution in [3.8, 4) is 0 Å². The Morgan fingerprint density at radius 2 is 2.26 bits per heavy atom. The highest BCUT2D eigenvalue weighted by Crippen LogP contribution is 2.17. The van der Waals surface area contributed by atoms with Gasteiger partial charge in [-0.05, 0) is 18.6 Å². The van der Waals surface area contributed by atoms with Gasteiger partial charge in [-0.3, -0.25) is 14.9 Å². The molecular weight excluding hydrogens is 290 g/mol. The standard InChI is InChI=1S/C17H23N5O/c1-2-10-22(11-7-13-5-3-4-8-19-13)17(23)16-14-12-18-9-6-15(14)20-21-16/h3-5,8,18H,2,6-7,9-12H2,1H3,(H,20,21). The lowest BCUT2D eigenvalue weighted by Gasteiger charge is -2.22. The molecule has 0 bridgehead atoms. The normalized spacial score (nSPS) is 13.6. The first-order valence-electron chi connectivity index (χ1n) is 8.25. The Balaban J connectivity index is 1.72. The second kappa shape index (κ2) is 7.37. The van der Waals surface area contributed by atoms with Crippen LogP contribution in [0.5, 0.6) is 0 Å². The molecule has 2 aromatic rings. The van der Waals surface area contributed by atoms with Gasteiger partial charge in [-0.25, -0.2) is 0 Å². The van der Waals surface area contributed by atoms with Gasteiger partial charge in [-0.1, -0.05) is 13.0 Å². The molecule has 1 aliphatic rings. The summed E-state index contributed by atoms with van der Waals surface area (Å²) in [6.07, 6.45) is 4.38. The Kier molecular flexibility index (Phi) is 5.02. The zero-order valence-corrected chi connectivity index (χ0v) is 13.5. The molecule has 0 aliphatic carbocycles. The van der Waals surface area contributed by atoms with Crippen molar-refractivity contribution in [2.24, 2.45) is 0 Å². The van der Waals surface area contributed by atoms with Gasteiger partial charge in [0.25, 0.3) is 5.91 Å². The first-order chi connectivity index (χ1) is 11.3. The molecule has 0 fully saturated rings. The molecule has 2 N–H and O–H groups in total. The predicted octanol–water partition coefficient (Wildman–Crippen LogP) is 1.55. The summed E-state index contributed by atoms with van der Waals surface area (Å²) in [5, 5.41) is 10.6. The molecule has 1 amide bonds. The Labute approximate surface area is 136 Å². The first kappa shape index (κ1) is 15.7. The fourth-order valence-corrected chi connectivity index (χ4v) is 2.93. The Morgan fingerprint density at radius 3 is 3.04 bits per heavy atom. The molecule has 1 aliphatic heterocycles. The van der Waals surface area contributed by atoms with Crippen molar-refractivity contribution in [3.05, 3.63) is 47.0 Å². The number of nitrogens with zero attached hydrogens (tertiary/aromatic N) is 3. The van der Waals surface area contributed by atoms with Gasteiger partial charge in [0.2, 0.25) is 0 Å². The maximum absolute atomic E-state index is 12.9.